The van der Waals surface area contributed by atoms with Crippen LogP contribution in [0, 0.1) is 13.8 Å². The van der Waals surface area contributed by atoms with Gasteiger partial charge in [0.25, 0.3) is 0 Å². The Hall–Kier alpha value is -2.81. The van der Waals surface area contributed by atoms with Gasteiger partial charge in [-0.3, -0.25) is 0 Å². The number of carbonyl (C=O) groups excluding carboxylic acids is 1. The molecule has 0 amide bonds. The zero-order valence-electron chi connectivity index (χ0n) is 14.2. The van der Waals surface area contributed by atoms with Crippen molar-refractivity contribution >= 4 is 5.97 Å². The highest BCUT2D eigenvalue weighted by molar-refractivity contribution is 5.99. The molecule has 3 heteroatoms. The maximum atomic E-state index is 12.6. The summed E-state index contributed by atoms with van der Waals surface area (Å²) in [6.07, 6.45) is 0. The third kappa shape index (κ3) is 2.73. The van der Waals surface area contributed by atoms with Crippen molar-refractivity contribution in [2.45, 2.75) is 20.8 Å². The maximum absolute atomic E-state index is 12.6. The molecule has 0 N–H and O–H groups in total. The van der Waals surface area contributed by atoms with Crippen LogP contribution < -0.4 is 0 Å². The summed E-state index contributed by atoms with van der Waals surface area (Å²) in [4.78, 5) is 12.6. The first-order chi connectivity index (χ1) is 11.6. The van der Waals surface area contributed by atoms with Gasteiger partial charge >= 0.3 is 5.97 Å². The first kappa shape index (κ1) is 16.1. The fourth-order valence-corrected chi connectivity index (χ4v) is 3.03. The van der Waals surface area contributed by atoms with Crippen molar-refractivity contribution in [3.8, 4) is 16.9 Å². The number of hydrogen-bond acceptors (Lipinski definition) is 2. The van der Waals surface area contributed by atoms with Gasteiger partial charge in [0, 0.05) is 11.4 Å². The smallest absolute Gasteiger partial charge is 0.340 e. The molecule has 0 aliphatic heterocycles. The van der Waals surface area contributed by atoms with Gasteiger partial charge in [-0.15, -0.1) is 0 Å². The Morgan fingerprint density at radius 2 is 1.54 bits per heavy atom. The molecule has 0 saturated carbocycles. The van der Waals surface area contributed by atoms with E-state index >= 15 is 0 Å². The topological polar surface area (TPSA) is 31.2 Å². The second-order valence-corrected chi connectivity index (χ2v) is 5.69. The van der Waals surface area contributed by atoms with Crippen LogP contribution in [-0.2, 0) is 4.74 Å². The summed E-state index contributed by atoms with van der Waals surface area (Å²) in [5.74, 6) is -0.272. The minimum atomic E-state index is -0.272. The first-order valence-electron chi connectivity index (χ1n) is 8.15. The van der Waals surface area contributed by atoms with Crippen LogP contribution >= 0.6 is 0 Å². The van der Waals surface area contributed by atoms with Crippen molar-refractivity contribution in [3.63, 3.8) is 0 Å². The molecule has 0 aliphatic carbocycles. The second-order valence-electron chi connectivity index (χ2n) is 5.69. The van der Waals surface area contributed by atoms with Crippen LogP contribution in [0.2, 0.25) is 0 Å². The Morgan fingerprint density at radius 3 is 2.12 bits per heavy atom. The van der Waals surface area contributed by atoms with Gasteiger partial charge in [0.15, 0.2) is 0 Å². The lowest BCUT2D eigenvalue weighted by Gasteiger charge is -2.13. The van der Waals surface area contributed by atoms with Crippen molar-refractivity contribution in [2.24, 2.45) is 0 Å². The largest absolute Gasteiger partial charge is 0.462 e. The summed E-state index contributed by atoms with van der Waals surface area (Å²) in [5.41, 5.74) is 5.56. The summed E-state index contributed by atoms with van der Waals surface area (Å²) in [6.45, 7) is 6.21. The van der Waals surface area contributed by atoms with E-state index < -0.39 is 0 Å². The summed E-state index contributed by atoms with van der Waals surface area (Å²) in [6, 6.07) is 20.1. The van der Waals surface area contributed by atoms with Crippen molar-refractivity contribution in [1.29, 1.82) is 0 Å². The molecule has 0 fully saturated rings. The molecule has 3 rings (SSSR count). The van der Waals surface area contributed by atoms with E-state index in [1.165, 1.54) is 0 Å². The third-order valence-corrected chi connectivity index (χ3v) is 4.25. The van der Waals surface area contributed by atoms with Crippen LogP contribution in [0.15, 0.2) is 60.7 Å². The molecule has 2 aromatic carbocycles. The number of para-hydroxylation sites is 1. The molecule has 1 aromatic heterocycles. The number of ether oxygens (including phenoxy) is 1. The summed E-state index contributed by atoms with van der Waals surface area (Å²) in [5, 5.41) is 0. The van der Waals surface area contributed by atoms with Crippen LogP contribution in [0.5, 0.6) is 0 Å². The normalized spacial score (nSPS) is 10.6. The molecule has 0 unspecified atom stereocenters. The minimum Gasteiger partial charge on any atom is -0.462 e. The molecule has 122 valence electrons. The fraction of sp³-hybridized carbons (Fsp3) is 0.190. The molecule has 3 aromatic rings. The van der Waals surface area contributed by atoms with E-state index in [1.807, 2.05) is 81.4 Å². The number of nitrogens with zero attached hydrogens (tertiary/aromatic N) is 1. The Morgan fingerprint density at radius 1 is 0.958 bits per heavy atom. The van der Waals surface area contributed by atoms with E-state index in [1.54, 1.807) is 0 Å². The van der Waals surface area contributed by atoms with Gasteiger partial charge in [0.1, 0.15) is 0 Å². The molecule has 24 heavy (non-hydrogen) atoms. The molecular weight excluding hydrogens is 298 g/mol. The molecule has 0 radical (unpaired) electrons. The summed E-state index contributed by atoms with van der Waals surface area (Å²) < 4.78 is 7.46. The third-order valence-electron chi connectivity index (χ3n) is 4.25. The number of hydrogen-bond donors (Lipinski definition) is 0. The van der Waals surface area contributed by atoms with E-state index in [-0.39, 0.29) is 5.97 Å². The van der Waals surface area contributed by atoms with E-state index in [2.05, 4.69) is 4.57 Å². The monoisotopic (exact) mass is 319 g/mol. The number of aromatic nitrogens is 1. The predicted octanol–water partition coefficient (Wildman–Crippen LogP) is 4.94. The number of carbonyl (C=O) groups is 1. The van der Waals surface area contributed by atoms with Crippen LogP contribution in [0.4, 0.5) is 0 Å². The molecule has 0 spiro atoms. The van der Waals surface area contributed by atoms with Gasteiger partial charge < -0.3 is 9.30 Å². The van der Waals surface area contributed by atoms with Crippen LogP contribution in [0.3, 0.4) is 0 Å². The summed E-state index contributed by atoms with van der Waals surface area (Å²) in [7, 11) is 0. The van der Waals surface area contributed by atoms with Crippen LogP contribution in [-0.4, -0.2) is 17.1 Å². The lowest BCUT2D eigenvalue weighted by Crippen LogP contribution is -2.08. The molecule has 1 heterocycles. The maximum Gasteiger partial charge on any atom is 0.340 e. The SMILES string of the molecule is CCOC(=O)c1c(C)c(C)n(-c2ccccc2)c1-c1ccccc1. The number of benzene rings is 2. The summed E-state index contributed by atoms with van der Waals surface area (Å²) >= 11 is 0. The Labute approximate surface area is 142 Å². The van der Waals surface area contributed by atoms with Crippen molar-refractivity contribution in [2.75, 3.05) is 6.61 Å². The first-order valence-corrected chi connectivity index (χ1v) is 8.15. The van der Waals surface area contributed by atoms with Gasteiger partial charge in [-0.25, -0.2) is 4.79 Å². The van der Waals surface area contributed by atoms with Crippen molar-refractivity contribution < 1.29 is 9.53 Å². The van der Waals surface area contributed by atoms with E-state index in [0.29, 0.717) is 12.2 Å². The molecule has 0 saturated heterocycles. The molecule has 3 nitrogen and oxygen atoms in total. The minimum absolute atomic E-state index is 0.272. The number of esters is 1. The predicted molar refractivity (Wildman–Crippen MR) is 96.6 cm³/mol. The van der Waals surface area contributed by atoms with Gasteiger partial charge in [-0.2, -0.15) is 0 Å². The van der Waals surface area contributed by atoms with Crippen LogP contribution in [0.1, 0.15) is 28.5 Å². The highest BCUT2D eigenvalue weighted by atomic mass is 16.5. The zero-order valence-corrected chi connectivity index (χ0v) is 14.2. The molecular formula is C21H21NO2. The quantitative estimate of drug-likeness (QED) is 0.638. The standard InChI is InChI=1S/C21H21NO2/c1-4-24-21(23)19-15(2)16(3)22(18-13-9-6-10-14-18)20(19)17-11-7-5-8-12-17/h5-14H,4H2,1-3H3. The Bertz CT molecular complexity index is 849. The van der Waals surface area contributed by atoms with Gasteiger partial charge in [-0.1, -0.05) is 48.5 Å². The lowest BCUT2D eigenvalue weighted by molar-refractivity contribution is 0.0526. The zero-order chi connectivity index (χ0) is 17.1. The van der Waals surface area contributed by atoms with E-state index in [0.717, 1.165) is 28.2 Å². The highest BCUT2D eigenvalue weighted by Gasteiger charge is 2.25. The van der Waals surface area contributed by atoms with Gasteiger partial charge in [0.05, 0.1) is 17.9 Å². The second kappa shape index (κ2) is 6.75. The molecule has 0 aliphatic rings. The average Bonchev–Trinajstić information content (AvgIpc) is 2.88. The van der Waals surface area contributed by atoms with E-state index in [4.69, 9.17) is 4.74 Å². The van der Waals surface area contributed by atoms with Crippen molar-refractivity contribution in [1.82, 2.24) is 4.57 Å². The average molecular weight is 319 g/mol. The van der Waals surface area contributed by atoms with E-state index in [9.17, 15) is 4.79 Å². The van der Waals surface area contributed by atoms with Crippen LogP contribution in [0.25, 0.3) is 16.9 Å². The lowest BCUT2D eigenvalue weighted by atomic mass is 10.0. The molecule has 0 bridgehead atoms. The van der Waals surface area contributed by atoms with Crippen molar-refractivity contribution in [3.05, 3.63) is 77.5 Å². The van der Waals surface area contributed by atoms with Gasteiger partial charge in [0.2, 0.25) is 0 Å². The highest BCUT2D eigenvalue weighted by Crippen LogP contribution is 2.34. The molecule has 0 atom stereocenters. The fourth-order valence-electron chi connectivity index (χ4n) is 3.03. The Balaban J connectivity index is 2.34. The Kier molecular flexibility index (Phi) is 4.52. The van der Waals surface area contributed by atoms with Gasteiger partial charge in [-0.05, 0) is 44.0 Å². The number of rotatable bonds is 4.